The van der Waals surface area contributed by atoms with E-state index >= 15 is 0 Å². The standard InChI is InChI=1S/C17H27FN2O.ClH/c1-3-11-20(15-7-9-19-10-8-15)13-14-5-6-17(21-4-2)16(18)12-14;/h5-6,12,15,19H,3-4,7-11,13H2,1-2H3;1H. The van der Waals surface area contributed by atoms with Crippen LogP contribution in [0.1, 0.15) is 38.7 Å². The second-order valence-corrected chi connectivity index (χ2v) is 5.65. The predicted octanol–water partition coefficient (Wildman–Crippen LogP) is 3.61. The van der Waals surface area contributed by atoms with Crippen molar-refractivity contribution in [1.82, 2.24) is 10.2 Å². The van der Waals surface area contributed by atoms with Crippen molar-refractivity contribution in [3.63, 3.8) is 0 Å². The quantitative estimate of drug-likeness (QED) is 0.826. The topological polar surface area (TPSA) is 24.5 Å². The van der Waals surface area contributed by atoms with E-state index in [1.807, 2.05) is 13.0 Å². The Balaban J connectivity index is 0.00000242. The number of piperidine rings is 1. The third-order valence-electron chi connectivity index (χ3n) is 4.02. The minimum absolute atomic E-state index is 0. The van der Waals surface area contributed by atoms with Gasteiger partial charge in [0.1, 0.15) is 0 Å². The van der Waals surface area contributed by atoms with E-state index in [1.54, 1.807) is 12.1 Å². The summed E-state index contributed by atoms with van der Waals surface area (Å²) in [6, 6.07) is 5.97. The Morgan fingerprint density at radius 1 is 1.27 bits per heavy atom. The maximum atomic E-state index is 14.0. The maximum absolute atomic E-state index is 14.0. The number of benzene rings is 1. The first-order chi connectivity index (χ1) is 10.2. The van der Waals surface area contributed by atoms with E-state index in [-0.39, 0.29) is 18.2 Å². The first kappa shape index (κ1) is 19.2. The monoisotopic (exact) mass is 330 g/mol. The van der Waals surface area contributed by atoms with Gasteiger partial charge in [-0.1, -0.05) is 13.0 Å². The maximum Gasteiger partial charge on any atom is 0.165 e. The molecule has 1 fully saturated rings. The number of ether oxygens (including phenoxy) is 1. The van der Waals surface area contributed by atoms with Crippen LogP contribution in [0.5, 0.6) is 5.75 Å². The molecule has 22 heavy (non-hydrogen) atoms. The summed E-state index contributed by atoms with van der Waals surface area (Å²) in [6.07, 6.45) is 3.49. The number of rotatable bonds is 7. The van der Waals surface area contributed by atoms with Crippen LogP contribution in [-0.2, 0) is 6.54 Å². The highest BCUT2D eigenvalue weighted by atomic mass is 35.5. The molecular weight excluding hydrogens is 303 g/mol. The molecule has 1 N–H and O–H groups in total. The van der Waals surface area contributed by atoms with E-state index in [0.29, 0.717) is 18.4 Å². The normalized spacial score (nSPS) is 15.6. The first-order valence-electron chi connectivity index (χ1n) is 8.10. The van der Waals surface area contributed by atoms with Gasteiger partial charge in [-0.15, -0.1) is 12.4 Å². The molecule has 0 atom stereocenters. The Morgan fingerprint density at radius 3 is 2.59 bits per heavy atom. The van der Waals surface area contributed by atoms with Crippen LogP contribution in [0, 0.1) is 5.82 Å². The molecule has 0 aromatic heterocycles. The van der Waals surface area contributed by atoms with Gasteiger partial charge < -0.3 is 10.1 Å². The zero-order valence-electron chi connectivity index (χ0n) is 13.6. The minimum Gasteiger partial charge on any atom is -0.491 e. The fourth-order valence-corrected chi connectivity index (χ4v) is 3.00. The predicted molar refractivity (Wildman–Crippen MR) is 91.4 cm³/mol. The minimum atomic E-state index is -0.254. The average molecular weight is 331 g/mol. The van der Waals surface area contributed by atoms with Crippen LogP contribution in [0.4, 0.5) is 4.39 Å². The van der Waals surface area contributed by atoms with Gasteiger partial charge in [0.2, 0.25) is 0 Å². The number of hydrogen-bond donors (Lipinski definition) is 1. The summed E-state index contributed by atoms with van der Waals surface area (Å²) in [5.74, 6) is 0.0984. The SMILES string of the molecule is CCCN(Cc1ccc(OCC)c(F)c1)C1CCNCC1.Cl. The Labute approximate surface area is 139 Å². The molecular formula is C17H28ClFN2O. The summed E-state index contributed by atoms with van der Waals surface area (Å²) >= 11 is 0. The van der Waals surface area contributed by atoms with Crippen LogP contribution in [0.2, 0.25) is 0 Å². The summed E-state index contributed by atoms with van der Waals surface area (Å²) in [5.41, 5.74) is 1.03. The number of nitrogens with zero attached hydrogens (tertiary/aromatic N) is 1. The molecule has 126 valence electrons. The third-order valence-corrected chi connectivity index (χ3v) is 4.02. The van der Waals surface area contributed by atoms with E-state index < -0.39 is 0 Å². The van der Waals surface area contributed by atoms with E-state index in [4.69, 9.17) is 4.74 Å². The molecule has 1 heterocycles. The highest BCUT2D eigenvalue weighted by Crippen LogP contribution is 2.21. The van der Waals surface area contributed by atoms with Crippen molar-refractivity contribution in [3.8, 4) is 5.75 Å². The van der Waals surface area contributed by atoms with Crippen molar-refractivity contribution in [1.29, 1.82) is 0 Å². The van der Waals surface area contributed by atoms with Gasteiger partial charge in [-0.3, -0.25) is 4.90 Å². The lowest BCUT2D eigenvalue weighted by Crippen LogP contribution is -2.43. The van der Waals surface area contributed by atoms with Crippen LogP contribution in [0.15, 0.2) is 18.2 Å². The van der Waals surface area contributed by atoms with Crippen LogP contribution in [0.3, 0.4) is 0 Å². The molecule has 0 spiro atoms. The fourth-order valence-electron chi connectivity index (χ4n) is 3.00. The van der Waals surface area contributed by atoms with Gasteiger partial charge in [0.25, 0.3) is 0 Å². The Kier molecular flexibility index (Phi) is 8.76. The molecule has 0 amide bonds. The van der Waals surface area contributed by atoms with Crippen LogP contribution < -0.4 is 10.1 Å². The summed E-state index contributed by atoms with van der Waals surface area (Å²) in [6.45, 7) is 8.62. The van der Waals surface area contributed by atoms with Gasteiger partial charge in [0, 0.05) is 12.6 Å². The highest BCUT2D eigenvalue weighted by molar-refractivity contribution is 5.85. The molecule has 0 radical (unpaired) electrons. The molecule has 0 unspecified atom stereocenters. The van der Waals surface area contributed by atoms with Crippen LogP contribution >= 0.6 is 12.4 Å². The van der Waals surface area contributed by atoms with Gasteiger partial charge >= 0.3 is 0 Å². The molecule has 5 heteroatoms. The number of halogens is 2. The number of hydrogen-bond acceptors (Lipinski definition) is 3. The molecule has 1 aromatic rings. The van der Waals surface area contributed by atoms with Crippen molar-refractivity contribution in [2.24, 2.45) is 0 Å². The van der Waals surface area contributed by atoms with Crippen molar-refractivity contribution < 1.29 is 9.13 Å². The lowest BCUT2D eigenvalue weighted by molar-refractivity contribution is 0.154. The van der Waals surface area contributed by atoms with Gasteiger partial charge in [0.05, 0.1) is 6.61 Å². The smallest absolute Gasteiger partial charge is 0.165 e. The largest absolute Gasteiger partial charge is 0.491 e. The van der Waals surface area contributed by atoms with E-state index in [9.17, 15) is 4.39 Å². The second kappa shape index (κ2) is 10.0. The van der Waals surface area contributed by atoms with Crippen molar-refractivity contribution >= 4 is 12.4 Å². The van der Waals surface area contributed by atoms with Gasteiger partial charge in [-0.05, 0) is 63.5 Å². The van der Waals surface area contributed by atoms with Crippen LogP contribution in [-0.4, -0.2) is 37.2 Å². The first-order valence-corrected chi connectivity index (χ1v) is 8.10. The van der Waals surface area contributed by atoms with Crippen molar-refractivity contribution in [2.45, 2.75) is 45.7 Å². The Hall–Kier alpha value is -0.840. The lowest BCUT2D eigenvalue weighted by Gasteiger charge is -2.34. The zero-order valence-corrected chi connectivity index (χ0v) is 14.4. The van der Waals surface area contributed by atoms with Crippen molar-refractivity contribution in [3.05, 3.63) is 29.6 Å². The molecule has 0 aliphatic carbocycles. The van der Waals surface area contributed by atoms with E-state index in [1.165, 1.54) is 12.8 Å². The lowest BCUT2D eigenvalue weighted by atomic mass is 10.0. The van der Waals surface area contributed by atoms with Crippen LogP contribution in [0.25, 0.3) is 0 Å². The number of nitrogens with one attached hydrogen (secondary N) is 1. The highest BCUT2D eigenvalue weighted by Gasteiger charge is 2.20. The van der Waals surface area contributed by atoms with Crippen molar-refractivity contribution in [2.75, 3.05) is 26.2 Å². The molecule has 1 aliphatic rings. The molecule has 0 saturated carbocycles. The summed E-state index contributed by atoms with van der Waals surface area (Å²) < 4.78 is 19.2. The fraction of sp³-hybridized carbons (Fsp3) is 0.647. The molecule has 2 rings (SSSR count). The van der Waals surface area contributed by atoms with E-state index in [0.717, 1.165) is 38.2 Å². The summed E-state index contributed by atoms with van der Waals surface area (Å²) in [7, 11) is 0. The Morgan fingerprint density at radius 2 is 2.00 bits per heavy atom. The average Bonchev–Trinajstić information content (AvgIpc) is 2.50. The van der Waals surface area contributed by atoms with E-state index in [2.05, 4.69) is 17.1 Å². The summed E-state index contributed by atoms with van der Waals surface area (Å²) in [4.78, 5) is 2.50. The van der Waals surface area contributed by atoms with Gasteiger partial charge in [0.15, 0.2) is 11.6 Å². The zero-order chi connectivity index (χ0) is 15.1. The Bertz CT molecular complexity index is 439. The molecule has 1 aliphatic heterocycles. The third kappa shape index (κ3) is 5.41. The molecule has 3 nitrogen and oxygen atoms in total. The molecule has 1 saturated heterocycles. The molecule has 1 aromatic carbocycles. The molecule has 0 bridgehead atoms. The van der Waals surface area contributed by atoms with Gasteiger partial charge in [-0.2, -0.15) is 0 Å². The second-order valence-electron chi connectivity index (χ2n) is 5.65. The van der Waals surface area contributed by atoms with Gasteiger partial charge in [-0.25, -0.2) is 4.39 Å². The summed E-state index contributed by atoms with van der Waals surface area (Å²) in [5, 5.41) is 3.40.